The Morgan fingerprint density at radius 2 is 0.867 bits per heavy atom. The van der Waals surface area contributed by atoms with Crippen LogP contribution in [0.15, 0.2) is 224 Å². The quantitative estimate of drug-likeness (QED) is 0.182. The topological polar surface area (TPSA) is 20.2 Å². The van der Waals surface area contributed by atoms with Crippen LogP contribution in [0.2, 0.25) is 0 Å². The summed E-state index contributed by atoms with van der Waals surface area (Å²) in [5.41, 5.74) is 19.9. The van der Waals surface area contributed by atoms with E-state index < -0.39 is 0 Å². The molecule has 0 amide bonds. The molecule has 0 bridgehead atoms. The van der Waals surface area contributed by atoms with E-state index in [-0.39, 0.29) is 6.04 Å². The van der Waals surface area contributed by atoms with Gasteiger partial charge in [-0.15, -0.1) is 0 Å². The summed E-state index contributed by atoms with van der Waals surface area (Å²) in [4.78, 5) is 0. The Labute approximate surface area is 349 Å². The molecule has 1 N–H and O–H groups in total. The van der Waals surface area contributed by atoms with Gasteiger partial charge < -0.3 is 0 Å². The van der Waals surface area contributed by atoms with Crippen molar-refractivity contribution in [2.75, 3.05) is 5.12 Å². The Morgan fingerprint density at radius 1 is 0.383 bits per heavy atom. The third-order valence-corrected chi connectivity index (χ3v) is 12.6. The number of hydrogen-bond donors (Lipinski definition) is 1. The monoisotopic (exact) mass is 767 g/mol. The van der Waals surface area contributed by atoms with Crippen molar-refractivity contribution in [3.8, 4) is 44.5 Å². The first kappa shape index (κ1) is 34.6. The maximum Gasteiger partial charge on any atom is 0.0799 e. The minimum atomic E-state index is -0.000714. The van der Waals surface area contributed by atoms with E-state index in [2.05, 4.69) is 228 Å². The van der Waals surface area contributed by atoms with Crippen molar-refractivity contribution >= 4 is 43.4 Å². The van der Waals surface area contributed by atoms with Crippen LogP contribution in [0.25, 0.3) is 87.9 Å². The summed E-state index contributed by atoms with van der Waals surface area (Å²) in [6.07, 6.45) is 6.90. The van der Waals surface area contributed by atoms with Gasteiger partial charge in [-0.3, -0.25) is 0 Å². The average Bonchev–Trinajstić information content (AvgIpc) is 3.88. The molecule has 3 heteroatoms. The fraction of sp³-hybridized carbons (Fsp3) is 0.0526. The molecule has 0 saturated carbocycles. The van der Waals surface area contributed by atoms with Gasteiger partial charge >= 0.3 is 0 Å². The molecule has 60 heavy (non-hydrogen) atoms. The van der Waals surface area contributed by atoms with Gasteiger partial charge in [0.1, 0.15) is 0 Å². The summed E-state index contributed by atoms with van der Waals surface area (Å²) in [6.45, 7) is 0. The molecule has 2 aliphatic rings. The molecule has 284 valence electrons. The average molecular weight is 768 g/mol. The molecule has 10 aromatic rings. The normalized spacial score (nSPS) is 15.1. The van der Waals surface area contributed by atoms with Gasteiger partial charge in [0, 0.05) is 10.8 Å². The van der Waals surface area contributed by atoms with Crippen molar-refractivity contribution in [2.45, 2.75) is 18.9 Å². The Kier molecular flexibility index (Phi) is 8.14. The van der Waals surface area contributed by atoms with Gasteiger partial charge in [-0.05, 0) is 126 Å². The minimum Gasteiger partial charge on any atom is -0.238 e. The Balaban J connectivity index is 0.983. The van der Waals surface area contributed by atoms with E-state index in [1.807, 2.05) is 0 Å². The first-order valence-corrected chi connectivity index (χ1v) is 21.0. The number of hydrazine groups is 1. The standard InChI is InChI=1S/C57H41N3/c1-4-14-38(15-5-1)45-29-26-43-31-33-54-56(51(43)37-45)55-49-21-11-10-20-42(49)30-32-53(55)59(54)60-52-23-13-12-22-50(52)57(58-60)44-27-24-41(25-28-44)48-35-46(39-16-6-2-7-17-39)34-47(36-48)40-18-8-3-9-19-40/h1-11,14-37,57-58H,12-13H2. The predicted molar refractivity (Wildman–Crippen MR) is 252 cm³/mol. The smallest absolute Gasteiger partial charge is 0.0799 e. The van der Waals surface area contributed by atoms with Gasteiger partial charge in [-0.1, -0.05) is 176 Å². The second-order valence-electron chi connectivity index (χ2n) is 16.1. The Bertz CT molecular complexity index is 3260. The fourth-order valence-corrected chi connectivity index (χ4v) is 9.70. The highest BCUT2D eigenvalue weighted by atomic mass is 15.8. The minimum absolute atomic E-state index is 0.000714. The van der Waals surface area contributed by atoms with Crippen LogP contribution in [0, 0.1) is 0 Å². The summed E-state index contributed by atoms with van der Waals surface area (Å²) in [5, 5.41) is 9.91. The van der Waals surface area contributed by atoms with Gasteiger partial charge in [-0.25, -0.2) is 15.2 Å². The van der Waals surface area contributed by atoms with Gasteiger partial charge in [0.25, 0.3) is 0 Å². The molecule has 1 aliphatic heterocycles. The van der Waals surface area contributed by atoms with E-state index in [0.717, 1.165) is 12.8 Å². The summed E-state index contributed by atoms with van der Waals surface area (Å²) in [7, 11) is 0. The molecule has 1 saturated heterocycles. The molecule has 2 heterocycles. The van der Waals surface area contributed by atoms with Gasteiger partial charge in [-0.2, -0.15) is 0 Å². The molecule has 0 spiro atoms. The lowest BCUT2D eigenvalue weighted by Crippen LogP contribution is -2.40. The maximum atomic E-state index is 4.05. The largest absolute Gasteiger partial charge is 0.238 e. The van der Waals surface area contributed by atoms with E-state index in [9.17, 15) is 0 Å². The molecule has 1 fully saturated rings. The SMILES string of the molecule is C1=C2C(=CCC1)N(n1c3ccc4ccccc4c3c3c4cc(-c5ccccc5)ccc4ccc31)NC2c1ccc(-c2cc(-c3ccccc3)cc(-c3ccccc3)c2)cc1. The van der Waals surface area contributed by atoms with Crippen molar-refractivity contribution in [1.29, 1.82) is 0 Å². The molecular weight excluding hydrogens is 727 g/mol. The second-order valence-corrected chi connectivity index (χ2v) is 16.1. The highest BCUT2D eigenvalue weighted by molar-refractivity contribution is 6.28. The maximum absolute atomic E-state index is 4.05. The zero-order valence-electron chi connectivity index (χ0n) is 33.1. The first-order valence-electron chi connectivity index (χ1n) is 21.0. The van der Waals surface area contributed by atoms with Crippen LogP contribution in [-0.4, -0.2) is 4.68 Å². The van der Waals surface area contributed by atoms with Crippen LogP contribution in [-0.2, 0) is 0 Å². The van der Waals surface area contributed by atoms with Gasteiger partial charge in [0.05, 0.1) is 22.8 Å². The van der Waals surface area contributed by atoms with Crippen molar-refractivity contribution in [3.05, 3.63) is 229 Å². The zero-order chi connectivity index (χ0) is 39.6. The molecule has 12 rings (SSSR count). The summed E-state index contributed by atoms with van der Waals surface area (Å²) in [5.74, 6) is 0. The third kappa shape index (κ3) is 5.70. The molecule has 9 aromatic carbocycles. The summed E-state index contributed by atoms with van der Waals surface area (Å²) in [6, 6.07) is 73.3. The molecule has 3 nitrogen and oxygen atoms in total. The summed E-state index contributed by atoms with van der Waals surface area (Å²) >= 11 is 0. The van der Waals surface area contributed by atoms with E-state index in [1.165, 1.54) is 105 Å². The number of nitrogens with one attached hydrogen (secondary N) is 1. The van der Waals surface area contributed by atoms with Crippen LogP contribution in [0.1, 0.15) is 24.4 Å². The number of allylic oxidation sites excluding steroid dienone is 2. The molecular formula is C57H41N3. The third-order valence-electron chi connectivity index (χ3n) is 12.6. The van der Waals surface area contributed by atoms with Crippen molar-refractivity contribution in [3.63, 3.8) is 0 Å². The summed E-state index contributed by atoms with van der Waals surface area (Å²) < 4.78 is 2.44. The zero-order valence-corrected chi connectivity index (χ0v) is 33.1. The van der Waals surface area contributed by atoms with Crippen LogP contribution in [0.4, 0.5) is 0 Å². The van der Waals surface area contributed by atoms with Crippen molar-refractivity contribution < 1.29 is 0 Å². The van der Waals surface area contributed by atoms with E-state index in [1.54, 1.807) is 0 Å². The molecule has 0 radical (unpaired) electrons. The Morgan fingerprint density at radius 3 is 1.50 bits per heavy atom. The number of fused-ring (bicyclic) bond motifs is 8. The molecule has 1 atom stereocenters. The fourth-order valence-electron chi connectivity index (χ4n) is 9.70. The lowest BCUT2D eigenvalue weighted by Gasteiger charge is -2.25. The number of hydrogen-bond acceptors (Lipinski definition) is 2. The molecule has 1 unspecified atom stereocenters. The van der Waals surface area contributed by atoms with E-state index in [0.29, 0.717) is 0 Å². The van der Waals surface area contributed by atoms with Crippen molar-refractivity contribution in [1.82, 2.24) is 10.1 Å². The number of nitrogens with zero attached hydrogens (tertiary/aromatic N) is 2. The lowest BCUT2D eigenvalue weighted by atomic mass is 9.91. The number of benzene rings is 9. The van der Waals surface area contributed by atoms with Crippen LogP contribution in [0.5, 0.6) is 0 Å². The predicted octanol–water partition coefficient (Wildman–Crippen LogP) is 14.6. The van der Waals surface area contributed by atoms with Crippen LogP contribution in [0.3, 0.4) is 0 Å². The lowest BCUT2D eigenvalue weighted by molar-refractivity contribution is 0.570. The Hall–Kier alpha value is -7.46. The second kappa shape index (κ2) is 14.1. The number of rotatable bonds is 6. The van der Waals surface area contributed by atoms with E-state index >= 15 is 0 Å². The van der Waals surface area contributed by atoms with Crippen molar-refractivity contribution in [2.24, 2.45) is 0 Å². The highest BCUT2D eigenvalue weighted by Crippen LogP contribution is 2.44. The van der Waals surface area contributed by atoms with Gasteiger partial charge in [0.15, 0.2) is 0 Å². The van der Waals surface area contributed by atoms with Crippen LogP contribution >= 0.6 is 0 Å². The van der Waals surface area contributed by atoms with Gasteiger partial charge in [0.2, 0.25) is 0 Å². The van der Waals surface area contributed by atoms with Crippen LogP contribution < -0.4 is 10.5 Å². The van der Waals surface area contributed by atoms with E-state index in [4.69, 9.17) is 0 Å². The molecule has 1 aliphatic carbocycles. The number of aromatic nitrogens is 1. The first-order chi connectivity index (χ1) is 29.7. The molecule has 1 aromatic heterocycles. The highest BCUT2D eigenvalue weighted by Gasteiger charge is 2.36.